The summed E-state index contributed by atoms with van der Waals surface area (Å²) in [6.07, 6.45) is 4.12. The molecule has 5 heteroatoms. The molecule has 1 N–H and O–H groups in total. The Morgan fingerprint density at radius 3 is 2.88 bits per heavy atom. The van der Waals surface area contributed by atoms with Crippen LogP contribution in [-0.4, -0.2) is 48.6 Å². The maximum Gasteiger partial charge on any atom is 0.157 e. The van der Waals surface area contributed by atoms with Crippen LogP contribution in [0.1, 0.15) is 25.7 Å². The molecule has 0 saturated carbocycles. The van der Waals surface area contributed by atoms with Crippen LogP contribution in [0.15, 0.2) is 0 Å². The Hall–Kier alpha value is 0.0600. The minimum atomic E-state index is -0.0128. The fourth-order valence-electron chi connectivity index (χ4n) is 1.93. The van der Waals surface area contributed by atoms with Gasteiger partial charge in [-0.05, 0) is 19.3 Å². The second-order valence-electron chi connectivity index (χ2n) is 4.57. The van der Waals surface area contributed by atoms with Crippen molar-refractivity contribution in [1.29, 1.82) is 0 Å². The standard InChI is InChI=1S/C12H22O4S/c13-11(7-10-8-14-9-10)17-6-5-16-12-3-1-2-4-15-12/h10,12-13,17H,1-9H2. The number of aliphatic hydroxyl groups excluding tert-OH is 1. The van der Waals surface area contributed by atoms with E-state index in [1.807, 2.05) is 0 Å². The molecule has 0 spiro atoms. The Morgan fingerprint density at radius 1 is 1.35 bits per heavy atom. The lowest BCUT2D eigenvalue weighted by Crippen LogP contribution is -2.29. The van der Waals surface area contributed by atoms with Gasteiger partial charge in [0.25, 0.3) is 0 Å². The second kappa shape index (κ2) is 7.48. The van der Waals surface area contributed by atoms with Crippen LogP contribution in [0, 0.1) is 5.92 Å². The van der Waals surface area contributed by atoms with Crippen LogP contribution in [0.2, 0.25) is 0 Å². The third kappa shape index (κ3) is 5.06. The first-order chi connectivity index (χ1) is 8.34. The zero-order valence-electron chi connectivity index (χ0n) is 10.1. The SMILES string of the molecule is OC(CC1COC1)=[SH]CCOC1CCCCO1. The van der Waals surface area contributed by atoms with Crippen LogP contribution in [0.5, 0.6) is 0 Å². The Labute approximate surface area is 106 Å². The highest BCUT2D eigenvalue weighted by Gasteiger charge is 2.19. The molecule has 2 fully saturated rings. The molecule has 0 radical (unpaired) electrons. The molecule has 17 heavy (non-hydrogen) atoms. The summed E-state index contributed by atoms with van der Waals surface area (Å²) < 4.78 is 16.1. The van der Waals surface area contributed by atoms with Crippen molar-refractivity contribution in [2.45, 2.75) is 32.0 Å². The maximum atomic E-state index is 9.68. The minimum Gasteiger partial charge on any atom is -0.381 e. The number of thiol groups is 1. The van der Waals surface area contributed by atoms with E-state index < -0.39 is 0 Å². The van der Waals surface area contributed by atoms with Gasteiger partial charge in [0.1, 0.15) is 0 Å². The molecule has 2 aliphatic rings. The van der Waals surface area contributed by atoms with Crippen LogP contribution >= 0.6 is 11.4 Å². The van der Waals surface area contributed by atoms with Gasteiger partial charge in [0.05, 0.1) is 24.9 Å². The molecule has 1 atom stereocenters. The molecule has 0 aromatic rings. The molecular weight excluding hydrogens is 240 g/mol. The Morgan fingerprint density at radius 2 is 2.24 bits per heavy atom. The Kier molecular flexibility index (Phi) is 5.94. The largest absolute Gasteiger partial charge is 0.381 e. The van der Waals surface area contributed by atoms with Gasteiger partial charge in [-0.3, -0.25) is 0 Å². The third-order valence-electron chi connectivity index (χ3n) is 3.01. The number of aliphatic hydroxyl groups is 1. The van der Waals surface area contributed by atoms with Crippen molar-refractivity contribution < 1.29 is 19.3 Å². The van der Waals surface area contributed by atoms with E-state index in [9.17, 15) is 5.11 Å². The summed E-state index contributed by atoms with van der Waals surface area (Å²) >= 11 is 0.986. The summed E-state index contributed by atoms with van der Waals surface area (Å²) in [4.78, 5) is 0. The van der Waals surface area contributed by atoms with Crippen molar-refractivity contribution in [2.24, 2.45) is 5.92 Å². The number of hydrogen-bond donors (Lipinski definition) is 2. The van der Waals surface area contributed by atoms with Gasteiger partial charge in [0.2, 0.25) is 0 Å². The van der Waals surface area contributed by atoms with Gasteiger partial charge in [-0.2, -0.15) is 11.4 Å². The molecule has 0 bridgehead atoms. The third-order valence-corrected chi connectivity index (χ3v) is 3.96. The smallest absolute Gasteiger partial charge is 0.157 e. The molecule has 0 amide bonds. The number of rotatable bonds is 6. The van der Waals surface area contributed by atoms with Crippen molar-refractivity contribution in [3.8, 4) is 0 Å². The predicted octanol–water partition coefficient (Wildman–Crippen LogP) is 1.72. The van der Waals surface area contributed by atoms with Crippen LogP contribution in [-0.2, 0) is 14.2 Å². The molecule has 0 aromatic heterocycles. The van der Waals surface area contributed by atoms with E-state index in [1.165, 1.54) is 6.42 Å². The summed E-state index contributed by atoms with van der Waals surface area (Å²) in [6, 6.07) is 0. The van der Waals surface area contributed by atoms with Crippen molar-refractivity contribution in [3.05, 3.63) is 0 Å². The van der Waals surface area contributed by atoms with Gasteiger partial charge < -0.3 is 19.3 Å². The summed E-state index contributed by atoms with van der Waals surface area (Å²) in [5.74, 6) is 1.38. The van der Waals surface area contributed by atoms with E-state index in [-0.39, 0.29) is 6.29 Å². The lowest BCUT2D eigenvalue weighted by molar-refractivity contribution is -0.158. The molecule has 4 nitrogen and oxygen atoms in total. The molecular formula is C12H22O4S. The molecule has 2 heterocycles. The number of ether oxygens (including phenoxy) is 3. The fraction of sp³-hybridized carbons (Fsp3) is 0.917. The van der Waals surface area contributed by atoms with Crippen LogP contribution in [0.3, 0.4) is 0 Å². The molecule has 2 saturated heterocycles. The molecule has 1 unspecified atom stereocenters. The molecule has 0 aliphatic carbocycles. The lowest BCUT2D eigenvalue weighted by Gasteiger charge is -2.25. The monoisotopic (exact) mass is 262 g/mol. The van der Waals surface area contributed by atoms with Gasteiger partial charge in [-0.1, -0.05) is 0 Å². The first-order valence-corrected chi connectivity index (χ1v) is 7.46. The van der Waals surface area contributed by atoms with E-state index in [4.69, 9.17) is 14.2 Å². The molecule has 2 rings (SSSR count). The van der Waals surface area contributed by atoms with E-state index >= 15 is 0 Å². The van der Waals surface area contributed by atoms with Crippen LogP contribution in [0.25, 0.3) is 0 Å². The molecule has 100 valence electrons. The van der Waals surface area contributed by atoms with Gasteiger partial charge in [0.15, 0.2) is 6.29 Å². The second-order valence-corrected chi connectivity index (χ2v) is 5.85. The topological polar surface area (TPSA) is 47.9 Å². The van der Waals surface area contributed by atoms with Crippen molar-refractivity contribution in [2.75, 3.05) is 32.2 Å². The summed E-state index contributed by atoms with van der Waals surface area (Å²) in [5, 5.41) is 10.2. The van der Waals surface area contributed by atoms with Gasteiger partial charge >= 0.3 is 0 Å². The minimum absolute atomic E-state index is 0.0128. The van der Waals surface area contributed by atoms with E-state index in [0.717, 1.165) is 56.2 Å². The van der Waals surface area contributed by atoms with Crippen molar-refractivity contribution in [3.63, 3.8) is 0 Å². The predicted molar refractivity (Wildman–Crippen MR) is 70.0 cm³/mol. The average Bonchev–Trinajstić information content (AvgIpc) is 2.31. The van der Waals surface area contributed by atoms with E-state index in [1.54, 1.807) is 0 Å². The van der Waals surface area contributed by atoms with E-state index in [0.29, 0.717) is 17.6 Å². The highest BCUT2D eigenvalue weighted by Crippen LogP contribution is 2.16. The van der Waals surface area contributed by atoms with Crippen molar-refractivity contribution >= 4 is 16.4 Å². The zero-order valence-corrected chi connectivity index (χ0v) is 11.0. The maximum absolute atomic E-state index is 9.68. The van der Waals surface area contributed by atoms with Gasteiger partial charge in [-0.25, -0.2) is 0 Å². The molecule has 0 aromatic carbocycles. The quantitative estimate of drug-likeness (QED) is 0.435. The average molecular weight is 262 g/mol. The van der Waals surface area contributed by atoms with Crippen LogP contribution < -0.4 is 0 Å². The summed E-state index contributed by atoms with van der Waals surface area (Å²) in [7, 11) is 0. The highest BCUT2D eigenvalue weighted by molar-refractivity contribution is 7.98. The lowest BCUT2D eigenvalue weighted by atomic mass is 10.1. The molecule has 2 aliphatic heterocycles. The summed E-state index contributed by atoms with van der Waals surface area (Å²) in [6.45, 7) is 3.08. The Balaban J connectivity index is 1.53. The Bertz CT molecular complexity index is 247. The van der Waals surface area contributed by atoms with Crippen LogP contribution in [0.4, 0.5) is 0 Å². The van der Waals surface area contributed by atoms with Crippen molar-refractivity contribution in [1.82, 2.24) is 0 Å². The first kappa shape index (κ1) is 13.5. The highest BCUT2D eigenvalue weighted by atomic mass is 32.1. The summed E-state index contributed by atoms with van der Waals surface area (Å²) in [5.41, 5.74) is 0. The first-order valence-electron chi connectivity index (χ1n) is 6.38. The zero-order chi connectivity index (χ0) is 11.9. The van der Waals surface area contributed by atoms with Gasteiger partial charge in [0, 0.05) is 24.7 Å². The number of hydrogen-bond acceptors (Lipinski definition) is 3. The van der Waals surface area contributed by atoms with Gasteiger partial charge in [-0.15, -0.1) is 0 Å². The van der Waals surface area contributed by atoms with E-state index in [2.05, 4.69) is 0 Å². The normalized spacial score (nSPS) is 27.4. The fourth-order valence-corrected chi connectivity index (χ4v) is 2.77.